The summed E-state index contributed by atoms with van der Waals surface area (Å²) in [5, 5.41) is 9.27. The predicted octanol–water partition coefficient (Wildman–Crippen LogP) is 1.97. The van der Waals surface area contributed by atoms with Gasteiger partial charge in [0.2, 0.25) is 0 Å². The second-order valence-corrected chi connectivity index (χ2v) is 3.78. The van der Waals surface area contributed by atoms with E-state index in [1.165, 1.54) is 0 Å². The van der Waals surface area contributed by atoms with Gasteiger partial charge in [-0.05, 0) is 26.0 Å². The molecule has 1 aromatic carbocycles. The molecule has 1 N–H and O–H groups in total. The quantitative estimate of drug-likeness (QED) is 0.695. The van der Waals surface area contributed by atoms with Crippen LogP contribution in [-0.2, 0) is 16.1 Å². The summed E-state index contributed by atoms with van der Waals surface area (Å²) in [4.78, 5) is 0. The van der Waals surface area contributed by atoms with Gasteiger partial charge in [-0.25, -0.2) is 0 Å². The summed E-state index contributed by atoms with van der Waals surface area (Å²) in [6.45, 7) is 5.08. The fraction of sp³-hybridized carbons (Fsp3) is 0.571. The number of ether oxygens (including phenoxy) is 4. The van der Waals surface area contributed by atoms with Gasteiger partial charge in [0, 0.05) is 24.8 Å². The molecule has 5 heteroatoms. The van der Waals surface area contributed by atoms with Crippen LogP contribution in [0.25, 0.3) is 0 Å². The summed E-state index contributed by atoms with van der Waals surface area (Å²) in [6.07, 6.45) is -0.409. The Kier molecular flexibility index (Phi) is 7.25. The highest BCUT2D eigenvalue weighted by atomic mass is 16.7. The standard InChI is InChI=1S/C14H22O5/c1-4-17-14(18-5-2)10-19-13-8-12(16-3)7-6-11(13)9-15/h6-8,14-15H,4-5,9-10H2,1-3H3. The van der Waals surface area contributed by atoms with Crippen LogP contribution >= 0.6 is 0 Å². The minimum atomic E-state index is -0.409. The number of rotatable bonds is 9. The number of hydrogen-bond acceptors (Lipinski definition) is 5. The monoisotopic (exact) mass is 270 g/mol. The number of methoxy groups -OCH3 is 1. The first kappa shape index (κ1) is 15.8. The Morgan fingerprint density at radius 1 is 1.16 bits per heavy atom. The average Bonchev–Trinajstić information content (AvgIpc) is 2.44. The van der Waals surface area contributed by atoms with E-state index in [0.29, 0.717) is 30.3 Å². The highest BCUT2D eigenvalue weighted by Crippen LogP contribution is 2.25. The predicted molar refractivity (Wildman–Crippen MR) is 71.5 cm³/mol. The summed E-state index contributed by atoms with van der Waals surface area (Å²) in [7, 11) is 1.58. The van der Waals surface area contributed by atoms with E-state index in [1.807, 2.05) is 13.8 Å². The fourth-order valence-corrected chi connectivity index (χ4v) is 1.60. The Bertz CT molecular complexity index is 361. The zero-order chi connectivity index (χ0) is 14.1. The minimum Gasteiger partial charge on any atom is -0.497 e. The molecule has 0 amide bonds. The van der Waals surface area contributed by atoms with E-state index >= 15 is 0 Å². The maximum Gasteiger partial charge on any atom is 0.191 e. The molecule has 0 saturated carbocycles. The molecule has 0 saturated heterocycles. The molecule has 0 radical (unpaired) electrons. The van der Waals surface area contributed by atoms with E-state index in [1.54, 1.807) is 25.3 Å². The van der Waals surface area contributed by atoms with Gasteiger partial charge in [0.1, 0.15) is 18.1 Å². The molecular weight excluding hydrogens is 248 g/mol. The molecule has 1 aromatic rings. The van der Waals surface area contributed by atoms with Gasteiger partial charge < -0.3 is 24.1 Å². The van der Waals surface area contributed by atoms with Crippen molar-refractivity contribution in [2.75, 3.05) is 26.9 Å². The third kappa shape index (κ3) is 5.06. The summed E-state index contributed by atoms with van der Waals surface area (Å²) in [6, 6.07) is 5.28. The van der Waals surface area contributed by atoms with E-state index in [9.17, 15) is 5.11 Å². The van der Waals surface area contributed by atoms with Crippen LogP contribution in [0, 0.1) is 0 Å². The second kappa shape index (κ2) is 8.74. The summed E-state index contributed by atoms with van der Waals surface area (Å²) in [5.74, 6) is 1.25. The maximum atomic E-state index is 9.27. The molecule has 0 fully saturated rings. The van der Waals surface area contributed by atoms with Crippen LogP contribution in [-0.4, -0.2) is 38.3 Å². The van der Waals surface area contributed by atoms with Crippen LogP contribution in [0.4, 0.5) is 0 Å². The molecule has 5 nitrogen and oxygen atoms in total. The van der Waals surface area contributed by atoms with Crippen LogP contribution < -0.4 is 9.47 Å². The first-order valence-electron chi connectivity index (χ1n) is 6.38. The lowest BCUT2D eigenvalue weighted by atomic mass is 10.2. The molecule has 0 aliphatic carbocycles. The molecule has 0 bridgehead atoms. The van der Waals surface area contributed by atoms with E-state index in [0.717, 1.165) is 0 Å². The van der Waals surface area contributed by atoms with Crippen LogP contribution in [0.1, 0.15) is 19.4 Å². The minimum absolute atomic E-state index is 0.0900. The number of aliphatic hydroxyl groups excluding tert-OH is 1. The Balaban J connectivity index is 2.68. The zero-order valence-corrected chi connectivity index (χ0v) is 11.7. The molecule has 1 rings (SSSR count). The number of hydrogen-bond donors (Lipinski definition) is 1. The first-order valence-corrected chi connectivity index (χ1v) is 6.38. The summed E-state index contributed by atoms with van der Waals surface area (Å²) >= 11 is 0. The van der Waals surface area contributed by atoms with Crippen LogP contribution in [0.2, 0.25) is 0 Å². The Labute approximate surface area is 114 Å². The smallest absolute Gasteiger partial charge is 0.191 e. The second-order valence-electron chi connectivity index (χ2n) is 3.78. The van der Waals surface area contributed by atoms with Crippen molar-refractivity contribution < 1.29 is 24.1 Å². The van der Waals surface area contributed by atoms with Crippen LogP contribution in [0.5, 0.6) is 11.5 Å². The van der Waals surface area contributed by atoms with E-state index in [2.05, 4.69) is 0 Å². The molecule has 0 aliphatic rings. The van der Waals surface area contributed by atoms with Crippen molar-refractivity contribution in [2.45, 2.75) is 26.7 Å². The lowest BCUT2D eigenvalue weighted by molar-refractivity contribution is -0.152. The van der Waals surface area contributed by atoms with Gasteiger partial charge >= 0.3 is 0 Å². The van der Waals surface area contributed by atoms with Gasteiger partial charge in [0.25, 0.3) is 0 Å². The molecular formula is C14H22O5. The molecule has 108 valence electrons. The molecule has 0 heterocycles. The van der Waals surface area contributed by atoms with Crippen molar-refractivity contribution in [3.63, 3.8) is 0 Å². The zero-order valence-electron chi connectivity index (χ0n) is 11.7. The van der Waals surface area contributed by atoms with Crippen molar-refractivity contribution in [3.05, 3.63) is 23.8 Å². The number of aliphatic hydroxyl groups is 1. The Morgan fingerprint density at radius 3 is 2.37 bits per heavy atom. The van der Waals surface area contributed by atoms with Crippen molar-refractivity contribution in [2.24, 2.45) is 0 Å². The van der Waals surface area contributed by atoms with E-state index in [4.69, 9.17) is 18.9 Å². The lowest BCUT2D eigenvalue weighted by Gasteiger charge is -2.18. The molecule has 0 unspecified atom stereocenters. The molecule has 0 spiro atoms. The number of benzene rings is 1. The third-order valence-corrected chi connectivity index (χ3v) is 2.52. The highest BCUT2D eigenvalue weighted by molar-refractivity contribution is 5.40. The van der Waals surface area contributed by atoms with Gasteiger partial charge in [-0.1, -0.05) is 0 Å². The fourth-order valence-electron chi connectivity index (χ4n) is 1.60. The topological polar surface area (TPSA) is 57.2 Å². The lowest BCUT2D eigenvalue weighted by Crippen LogP contribution is -2.25. The summed E-state index contributed by atoms with van der Waals surface area (Å²) < 4.78 is 21.6. The molecule has 0 aromatic heterocycles. The Hall–Kier alpha value is -1.30. The molecule has 0 atom stereocenters. The van der Waals surface area contributed by atoms with Crippen LogP contribution in [0.15, 0.2) is 18.2 Å². The van der Waals surface area contributed by atoms with E-state index < -0.39 is 6.29 Å². The third-order valence-electron chi connectivity index (χ3n) is 2.52. The Morgan fingerprint density at radius 2 is 1.84 bits per heavy atom. The normalized spacial score (nSPS) is 10.8. The highest BCUT2D eigenvalue weighted by Gasteiger charge is 2.11. The van der Waals surface area contributed by atoms with Gasteiger partial charge in [-0.2, -0.15) is 0 Å². The van der Waals surface area contributed by atoms with Gasteiger partial charge in [-0.3, -0.25) is 0 Å². The van der Waals surface area contributed by atoms with Gasteiger partial charge in [-0.15, -0.1) is 0 Å². The molecule has 0 aliphatic heterocycles. The van der Waals surface area contributed by atoms with Crippen molar-refractivity contribution >= 4 is 0 Å². The first-order chi connectivity index (χ1) is 9.24. The van der Waals surface area contributed by atoms with Crippen molar-refractivity contribution in [3.8, 4) is 11.5 Å². The molecule has 19 heavy (non-hydrogen) atoms. The summed E-state index contributed by atoms with van der Waals surface area (Å²) in [5.41, 5.74) is 0.701. The SMILES string of the molecule is CCOC(COc1cc(OC)ccc1CO)OCC. The van der Waals surface area contributed by atoms with Gasteiger partial charge in [0.05, 0.1) is 13.7 Å². The van der Waals surface area contributed by atoms with Crippen LogP contribution in [0.3, 0.4) is 0 Å². The van der Waals surface area contributed by atoms with E-state index in [-0.39, 0.29) is 13.2 Å². The van der Waals surface area contributed by atoms with Crippen molar-refractivity contribution in [1.82, 2.24) is 0 Å². The van der Waals surface area contributed by atoms with Crippen molar-refractivity contribution in [1.29, 1.82) is 0 Å². The average molecular weight is 270 g/mol. The largest absolute Gasteiger partial charge is 0.497 e. The van der Waals surface area contributed by atoms with Gasteiger partial charge in [0.15, 0.2) is 6.29 Å². The maximum absolute atomic E-state index is 9.27.